The summed E-state index contributed by atoms with van der Waals surface area (Å²) >= 11 is 5.95. The van der Waals surface area contributed by atoms with Gasteiger partial charge in [-0.3, -0.25) is 15.0 Å². The number of rotatable bonds is 5. The second-order valence-electron chi connectivity index (χ2n) is 7.46. The summed E-state index contributed by atoms with van der Waals surface area (Å²) in [4.78, 5) is 32.6. The zero-order chi connectivity index (χ0) is 20.4. The fourth-order valence-electron chi connectivity index (χ4n) is 3.71. The van der Waals surface area contributed by atoms with Crippen LogP contribution in [0, 0.1) is 0 Å². The molecule has 1 fully saturated rings. The molecule has 1 amide bonds. The van der Waals surface area contributed by atoms with E-state index in [1.54, 1.807) is 12.1 Å². The molecule has 3 aromatic rings. The maximum Gasteiger partial charge on any atom is 0.281 e. The highest BCUT2D eigenvalue weighted by molar-refractivity contribution is 6.30. The van der Waals surface area contributed by atoms with Gasteiger partial charge in [-0.25, -0.2) is 4.98 Å². The highest BCUT2D eigenvalue weighted by Crippen LogP contribution is 2.22. The molecule has 150 valence electrons. The van der Waals surface area contributed by atoms with E-state index in [0.29, 0.717) is 21.9 Å². The number of nitrogens with one attached hydrogen (secondary N) is 1. The number of hydrogen-bond acceptors (Lipinski definition) is 4. The molecule has 1 aliphatic rings. The number of nitrogens with zero attached hydrogens (tertiary/aromatic N) is 3. The van der Waals surface area contributed by atoms with Crippen molar-refractivity contribution in [2.75, 3.05) is 23.4 Å². The zero-order valence-electron chi connectivity index (χ0n) is 16.3. The lowest BCUT2D eigenvalue weighted by Crippen LogP contribution is -2.39. The van der Waals surface area contributed by atoms with Crippen LogP contribution in [0.1, 0.15) is 37.7 Å². The van der Waals surface area contributed by atoms with Gasteiger partial charge in [-0.15, -0.1) is 0 Å². The molecule has 2 aromatic carbocycles. The first-order valence-electron chi connectivity index (χ1n) is 9.85. The Kier molecular flexibility index (Phi) is 5.53. The first kappa shape index (κ1) is 19.5. The molecule has 2 heterocycles. The number of amides is 1. The smallest absolute Gasteiger partial charge is 0.281 e. The largest absolute Gasteiger partial charge is 0.341 e. The quantitative estimate of drug-likeness (QED) is 0.692. The summed E-state index contributed by atoms with van der Waals surface area (Å²) in [6.45, 7) is 3.62. The standard InChI is InChI=1S/C22H23ClN4O2/c1-15(16-8-10-17(23)11-9-16)14-20(28)25-27-21(29)18-6-2-3-7-19(18)24-22(27)26-12-4-5-13-26/h2-3,6-11,15H,4-5,12-14H2,1H3,(H,25,28)/t15-/m0/s1. The van der Waals surface area contributed by atoms with Crippen molar-refractivity contribution >= 4 is 34.4 Å². The molecule has 0 aliphatic carbocycles. The minimum absolute atomic E-state index is 0.00776. The van der Waals surface area contributed by atoms with Gasteiger partial charge in [0.1, 0.15) is 0 Å². The van der Waals surface area contributed by atoms with Crippen LogP contribution in [0.4, 0.5) is 5.95 Å². The van der Waals surface area contributed by atoms with Gasteiger partial charge in [0.15, 0.2) is 0 Å². The summed E-state index contributed by atoms with van der Waals surface area (Å²) in [5.74, 6) is 0.261. The van der Waals surface area contributed by atoms with E-state index in [1.165, 1.54) is 4.68 Å². The second-order valence-corrected chi connectivity index (χ2v) is 7.89. The third-order valence-electron chi connectivity index (χ3n) is 5.31. The van der Waals surface area contributed by atoms with Gasteiger partial charge in [0, 0.05) is 24.5 Å². The fraction of sp³-hybridized carbons (Fsp3) is 0.318. The Morgan fingerprint density at radius 2 is 1.83 bits per heavy atom. The summed E-state index contributed by atoms with van der Waals surface area (Å²) in [5, 5.41) is 1.15. The van der Waals surface area contributed by atoms with Crippen LogP contribution in [0.15, 0.2) is 53.3 Å². The molecular weight excluding hydrogens is 388 g/mol. The van der Waals surface area contributed by atoms with Gasteiger partial charge in [0.05, 0.1) is 10.9 Å². The third kappa shape index (κ3) is 4.12. The zero-order valence-corrected chi connectivity index (χ0v) is 17.0. The first-order valence-corrected chi connectivity index (χ1v) is 10.2. The maximum atomic E-state index is 13.1. The predicted molar refractivity (Wildman–Crippen MR) is 116 cm³/mol. The molecule has 1 saturated heterocycles. The summed E-state index contributed by atoms with van der Waals surface area (Å²) in [6.07, 6.45) is 2.34. The Balaban J connectivity index is 1.62. The Hall–Kier alpha value is -2.86. The van der Waals surface area contributed by atoms with E-state index in [4.69, 9.17) is 11.6 Å². The molecule has 1 aliphatic heterocycles. The van der Waals surface area contributed by atoms with Gasteiger partial charge in [-0.1, -0.05) is 42.8 Å². The molecule has 4 rings (SSSR count). The monoisotopic (exact) mass is 410 g/mol. The summed E-state index contributed by atoms with van der Waals surface area (Å²) in [6, 6.07) is 14.7. The maximum absolute atomic E-state index is 13.1. The van der Waals surface area contributed by atoms with Crippen LogP contribution in [0.3, 0.4) is 0 Å². The van der Waals surface area contributed by atoms with Crippen molar-refractivity contribution in [3.8, 4) is 0 Å². The molecule has 1 aromatic heterocycles. The van der Waals surface area contributed by atoms with Crippen molar-refractivity contribution < 1.29 is 4.79 Å². The number of aromatic nitrogens is 2. The number of hydrogen-bond donors (Lipinski definition) is 1. The van der Waals surface area contributed by atoms with Crippen LogP contribution >= 0.6 is 11.6 Å². The number of para-hydroxylation sites is 1. The van der Waals surface area contributed by atoms with E-state index in [0.717, 1.165) is 31.5 Å². The van der Waals surface area contributed by atoms with E-state index in [-0.39, 0.29) is 23.8 Å². The van der Waals surface area contributed by atoms with Crippen LogP contribution in [0.5, 0.6) is 0 Å². The van der Waals surface area contributed by atoms with E-state index in [1.807, 2.05) is 43.3 Å². The highest BCUT2D eigenvalue weighted by Gasteiger charge is 2.22. The molecule has 7 heteroatoms. The Labute approximate surface area is 174 Å². The predicted octanol–water partition coefficient (Wildman–Crippen LogP) is 3.91. The lowest BCUT2D eigenvalue weighted by atomic mass is 9.98. The molecular formula is C22H23ClN4O2. The Morgan fingerprint density at radius 3 is 2.55 bits per heavy atom. The van der Waals surface area contributed by atoms with Crippen molar-refractivity contribution in [2.45, 2.75) is 32.1 Å². The highest BCUT2D eigenvalue weighted by atomic mass is 35.5. The average Bonchev–Trinajstić information content (AvgIpc) is 3.25. The molecule has 0 radical (unpaired) electrons. The summed E-state index contributed by atoms with van der Waals surface area (Å²) in [7, 11) is 0. The third-order valence-corrected chi connectivity index (χ3v) is 5.57. The normalized spacial score (nSPS) is 14.9. The van der Waals surface area contributed by atoms with Gasteiger partial charge < -0.3 is 4.90 Å². The summed E-state index contributed by atoms with van der Waals surface area (Å²) in [5.41, 5.74) is 4.20. The average molecular weight is 411 g/mol. The number of benzene rings is 2. The molecule has 6 nitrogen and oxygen atoms in total. The lowest BCUT2D eigenvalue weighted by molar-refractivity contribution is -0.117. The SMILES string of the molecule is C[C@@H](CC(=O)Nn1c(N2CCCC2)nc2ccccc2c1=O)c1ccc(Cl)cc1. The van der Waals surface area contributed by atoms with Crippen LogP contribution in [-0.4, -0.2) is 28.7 Å². The Morgan fingerprint density at radius 1 is 1.14 bits per heavy atom. The van der Waals surface area contributed by atoms with Gasteiger partial charge in [0.25, 0.3) is 5.56 Å². The van der Waals surface area contributed by atoms with Crippen LogP contribution < -0.4 is 15.9 Å². The lowest BCUT2D eigenvalue weighted by Gasteiger charge is -2.22. The fourth-order valence-corrected chi connectivity index (χ4v) is 3.83. The number of carbonyl (C=O) groups is 1. The number of carbonyl (C=O) groups excluding carboxylic acids is 1. The molecule has 0 unspecified atom stereocenters. The molecule has 0 spiro atoms. The van der Waals surface area contributed by atoms with Crippen LogP contribution in [0.2, 0.25) is 5.02 Å². The van der Waals surface area contributed by atoms with Gasteiger partial charge in [0.2, 0.25) is 11.9 Å². The van der Waals surface area contributed by atoms with Crippen molar-refractivity contribution in [2.24, 2.45) is 0 Å². The molecule has 0 saturated carbocycles. The van der Waals surface area contributed by atoms with Crippen molar-refractivity contribution in [3.63, 3.8) is 0 Å². The van der Waals surface area contributed by atoms with Gasteiger partial charge in [-0.05, 0) is 48.6 Å². The van der Waals surface area contributed by atoms with E-state index < -0.39 is 0 Å². The Bertz CT molecular complexity index is 1090. The number of fused-ring (bicyclic) bond motifs is 1. The van der Waals surface area contributed by atoms with Gasteiger partial charge in [-0.2, -0.15) is 4.68 Å². The van der Waals surface area contributed by atoms with E-state index in [9.17, 15) is 9.59 Å². The number of anilines is 1. The summed E-state index contributed by atoms with van der Waals surface area (Å²) < 4.78 is 1.31. The molecule has 0 bridgehead atoms. The van der Waals surface area contributed by atoms with Crippen LogP contribution in [-0.2, 0) is 4.79 Å². The molecule has 29 heavy (non-hydrogen) atoms. The minimum atomic E-state index is -0.259. The molecule has 1 atom stereocenters. The van der Waals surface area contributed by atoms with Crippen LogP contribution in [0.25, 0.3) is 10.9 Å². The second kappa shape index (κ2) is 8.25. The number of halogens is 1. The van der Waals surface area contributed by atoms with Crippen molar-refractivity contribution in [1.29, 1.82) is 0 Å². The van der Waals surface area contributed by atoms with E-state index >= 15 is 0 Å². The minimum Gasteiger partial charge on any atom is -0.341 e. The van der Waals surface area contributed by atoms with Gasteiger partial charge >= 0.3 is 0 Å². The topological polar surface area (TPSA) is 67.2 Å². The van der Waals surface area contributed by atoms with Crippen molar-refractivity contribution in [1.82, 2.24) is 9.66 Å². The van der Waals surface area contributed by atoms with Crippen molar-refractivity contribution in [3.05, 3.63) is 69.5 Å². The molecule has 1 N–H and O–H groups in total. The first-order chi connectivity index (χ1) is 14.0. The van der Waals surface area contributed by atoms with E-state index in [2.05, 4.69) is 15.3 Å².